The zero-order chi connectivity index (χ0) is 14.9. The lowest BCUT2D eigenvalue weighted by atomic mass is 9.73. The van der Waals surface area contributed by atoms with Gasteiger partial charge < -0.3 is 5.32 Å². The van der Waals surface area contributed by atoms with Crippen LogP contribution in [-0.4, -0.2) is 32.9 Å². The Morgan fingerprint density at radius 3 is 2.15 bits per heavy atom. The average molecular weight is 296 g/mol. The lowest BCUT2D eigenvalue weighted by Gasteiger charge is -2.39. The predicted octanol–water partition coefficient (Wildman–Crippen LogP) is 2.78. The summed E-state index contributed by atoms with van der Waals surface area (Å²) in [6, 6.07) is 7.55. The predicted molar refractivity (Wildman–Crippen MR) is 82.3 cm³/mol. The fourth-order valence-electron chi connectivity index (χ4n) is 2.49. The van der Waals surface area contributed by atoms with Crippen molar-refractivity contribution in [3.05, 3.63) is 24.3 Å². The van der Waals surface area contributed by atoms with Gasteiger partial charge in [-0.3, -0.25) is 0 Å². The van der Waals surface area contributed by atoms with E-state index < -0.39 is 10.0 Å². The standard InChI is InChI=1S/C15H24N2O2S/c1-11(2)12-9-14(10-12)16-13-5-7-15(8-6-13)20(18,19)17(3)4/h5-8,11-12,14,16H,9-10H2,1-4H3. The Labute approximate surface area is 122 Å². The second-order valence-corrected chi connectivity index (χ2v) is 8.28. The molecule has 1 aliphatic rings. The molecule has 112 valence electrons. The van der Waals surface area contributed by atoms with Gasteiger partial charge in [0.15, 0.2) is 0 Å². The topological polar surface area (TPSA) is 49.4 Å². The summed E-state index contributed by atoms with van der Waals surface area (Å²) in [5, 5.41) is 3.46. The quantitative estimate of drug-likeness (QED) is 0.909. The van der Waals surface area contributed by atoms with Gasteiger partial charge in [0, 0.05) is 25.8 Å². The molecule has 0 bridgehead atoms. The number of benzene rings is 1. The van der Waals surface area contributed by atoms with E-state index in [-0.39, 0.29) is 0 Å². The van der Waals surface area contributed by atoms with Crippen LogP contribution in [0.4, 0.5) is 5.69 Å². The highest BCUT2D eigenvalue weighted by molar-refractivity contribution is 7.89. The van der Waals surface area contributed by atoms with Crippen LogP contribution in [0.3, 0.4) is 0 Å². The van der Waals surface area contributed by atoms with Crippen LogP contribution >= 0.6 is 0 Å². The SMILES string of the molecule is CC(C)C1CC(Nc2ccc(S(=O)(=O)N(C)C)cc2)C1. The summed E-state index contributed by atoms with van der Waals surface area (Å²) in [7, 11) is -0.241. The van der Waals surface area contributed by atoms with Gasteiger partial charge in [0.2, 0.25) is 10.0 Å². The Bertz CT molecular complexity index is 544. The lowest BCUT2D eigenvalue weighted by molar-refractivity contribution is 0.212. The summed E-state index contributed by atoms with van der Waals surface area (Å²) in [4.78, 5) is 0.335. The number of rotatable bonds is 5. The van der Waals surface area contributed by atoms with E-state index in [9.17, 15) is 8.42 Å². The van der Waals surface area contributed by atoms with E-state index in [0.717, 1.165) is 17.5 Å². The molecule has 0 atom stereocenters. The van der Waals surface area contributed by atoms with Gasteiger partial charge in [-0.15, -0.1) is 0 Å². The van der Waals surface area contributed by atoms with Crippen LogP contribution in [-0.2, 0) is 10.0 Å². The summed E-state index contributed by atoms with van der Waals surface area (Å²) in [6.07, 6.45) is 2.41. The Morgan fingerprint density at radius 1 is 1.15 bits per heavy atom. The lowest BCUT2D eigenvalue weighted by Crippen LogP contribution is -2.37. The van der Waals surface area contributed by atoms with Gasteiger partial charge in [0.05, 0.1) is 4.90 Å². The van der Waals surface area contributed by atoms with Crippen molar-refractivity contribution in [1.29, 1.82) is 0 Å². The second kappa shape index (κ2) is 5.74. The maximum Gasteiger partial charge on any atom is 0.242 e. The van der Waals surface area contributed by atoms with Gasteiger partial charge in [-0.05, 0) is 48.9 Å². The summed E-state index contributed by atoms with van der Waals surface area (Å²) in [6.45, 7) is 4.53. The number of hydrogen-bond donors (Lipinski definition) is 1. The minimum absolute atomic E-state index is 0.335. The second-order valence-electron chi connectivity index (χ2n) is 6.13. The molecule has 0 unspecified atom stereocenters. The summed E-state index contributed by atoms with van der Waals surface area (Å²) in [5.41, 5.74) is 0.995. The van der Waals surface area contributed by atoms with E-state index >= 15 is 0 Å². The molecule has 0 heterocycles. The highest BCUT2D eigenvalue weighted by atomic mass is 32.2. The summed E-state index contributed by atoms with van der Waals surface area (Å²) < 4.78 is 25.1. The van der Waals surface area contributed by atoms with E-state index in [2.05, 4.69) is 19.2 Å². The molecule has 1 aliphatic carbocycles. The van der Waals surface area contributed by atoms with Crippen molar-refractivity contribution in [3.8, 4) is 0 Å². The van der Waals surface area contributed by atoms with Crippen LogP contribution in [0.25, 0.3) is 0 Å². The van der Waals surface area contributed by atoms with Crippen LogP contribution in [0, 0.1) is 11.8 Å². The van der Waals surface area contributed by atoms with E-state index in [4.69, 9.17) is 0 Å². The van der Waals surface area contributed by atoms with Crippen molar-refractivity contribution in [1.82, 2.24) is 4.31 Å². The van der Waals surface area contributed by atoms with Gasteiger partial charge in [0.25, 0.3) is 0 Å². The van der Waals surface area contributed by atoms with Crippen LogP contribution in [0.5, 0.6) is 0 Å². The van der Waals surface area contributed by atoms with Crippen molar-refractivity contribution in [2.45, 2.75) is 37.6 Å². The monoisotopic (exact) mass is 296 g/mol. The molecule has 0 aromatic heterocycles. The van der Waals surface area contributed by atoms with Gasteiger partial charge in [-0.2, -0.15) is 0 Å². The van der Waals surface area contributed by atoms with Crippen LogP contribution in [0.2, 0.25) is 0 Å². The molecule has 0 amide bonds. The van der Waals surface area contributed by atoms with Gasteiger partial charge in [0.1, 0.15) is 0 Å². The number of nitrogens with zero attached hydrogens (tertiary/aromatic N) is 1. The molecule has 1 N–H and O–H groups in total. The maximum atomic E-state index is 12.0. The Hall–Kier alpha value is -1.07. The molecule has 0 saturated heterocycles. The first-order valence-corrected chi connectivity index (χ1v) is 8.54. The molecule has 0 spiro atoms. The Balaban J connectivity index is 1.97. The highest BCUT2D eigenvalue weighted by Gasteiger charge is 2.30. The van der Waals surface area contributed by atoms with Gasteiger partial charge in [-0.1, -0.05) is 13.8 Å². The smallest absolute Gasteiger partial charge is 0.242 e. The minimum Gasteiger partial charge on any atom is -0.382 e. The van der Waals surface area contributed by atoms with Gasteiger partial charge >= 0.3 is 0 Å². The largest absolute Gasteiger partial charge is 0.382 e. The molecule has 0 aliphatic heterocycles. The van der Waals surface area contributed by atoms with Crippen molar-refractivity contribution < 1.29 is 8.42 Å². The normalized spacial score (nSPS) is 22.9. The molecular formula is C15H24N2O2S. The first kappa shape index (κ1) is 15.3. The molecule has 0 radical (unpaired) electrons. The number of hydrogen-bond acceptors (Lipinski definition) is 3. The molecular weight excluding hydrogens is 272 g/mol. The van der Waals surface area contributed by atoms with E-state index in [0.29, 0.717) is 10.9 Å². The Kier molecular flexibility index (Phi) is 4.39. The molecule has 4 nitrogen and oxygen atoms in total. The number of nitrogens with one attached hydrogen (secondary N) is 1. The minimum atomic E-state index is -3.33. The maximum absolute atomic E-state index is 12.0. The van der Waals surface area contributed by atoms with Crippen molar-refractivity contribution >= 4 is 15.7 Å². The van der Waals surface area contributed by atoms with E-state index in [1.54, 1.807) is 26.2 Å². The molecule has 1 fully saturated rings. The molecule has 1 aromatic carbocycles. The number of anilines is 1. The zero-order valence-corrected chi connectivity index (χ0v) is 13.4. The summed E-state index contributed by atoms with van der Waals surface area (Å²) >= 11 is 0. The third kappa shape index (κ3) is 3.15. The molecule has 5 heteroatoms. The van der Waals surface area contributed by atoms with Crippen LogP contribution in [0.1, 0.15) is 26.7 Å². The molecule has 20 heavy (non-hydrogen) atoms. The fourth-order valence-corrected chi connectivity index (χ4v) is 3.40. The highest BCUT2D eigenvalue weighted by Crippen LogP contribution is 2.35. The third-order valence-electron chi connectivity index (χ3n) is 4.12. The third-order valence-corrected chi connectivity index (χ3v) is 5.95. The van der Waals surface area contributed by atoms with Crippen LogP contribution in [0.15, 0.2) is 29.2 Å². The van der Waals surface area contributed by atoms with Crippen molar-refractivity contribution in [2.24, 2.45) is 11.8 Å². The fraction of sp³-hybridized carbons (Fsp3) is 0.600. The first-order valence-electron chi connectivity index (χ1n) is 7.10. The summed E-state index contributed by atoms with van der Waals surface area (Å²) in [5.74, 6) is 1.57. The van der Waals surface area contributed by atoms with Crippen molar-refractivity contribution in [3.63, 3.8) is 0 Å². The Morgan fingerprint density at radius 2 is 1.70 bits per heavy atom. The number of sulfonamides is 1. The average Bonchev–Trinajstić information content (AvgIpc) is 2.33. The van der Waals surface area contributed by atoms with E-state index in [1.807, 2.05) is 12.1 Å². The van der Waals surface area contributed by atoms with Crippen molar-refractivity contribution in [2.75, 3.05) is 19.4 Å². The molecule has 1 saturated carbocycles. The first-order chi connectivity index (χ1) is 9.30. The molecule has 1 aromatic rings. The zero-order valence-electron chi connectivity index (χ0n) is 12.6. The van der Waals surface area contributed by atoms with Crippen LogP contribution < -0.4 is 5.32 Å². The molecule has 2 rings (SSSR count). The van der Waals surface area contributed by atoms with Gasteiger partial charge in [-0.25, -0.2) is 12.7 Å². The van der Waals surface area contributed by atoms with E-state index in [1.165, 1.54) is 17.1 Å².